The largest absolute Gasteiger partial charge is 0.349 e. The lowest BCUT2D eigenvalue weighted by molar-refractivity contribution is -0.121. The molecule has 0 spiro atoms. The molecule has 6 heteroatoms. The van der Waals surface area contributed by atoms with Gasteiger partial charge in [-0.3, -0.25) is 4.79 Å². The van der Waals surface area contributed by atoms with Crippen molar-refractivity contribution in [3.05, 3.63) is 48.1 Å². The second-order valence-corrected chi connectivity index (χ2v) is 3.85. The second kappa shape index (κ2) is 5.92. The molecular formula is C12H14N4O2. The van der Waals surface area contributed by atoms with E-state index in [-0.39, 0.29) is 24.9 Å². The number of aromatic nitrogens is 2. The molecule has 0 fully saturated rings. The van der Waals surface area contributed by atoms with Crippen LogP contribution in [-0.4, -0.2) is 16.0 Å². The van der Waals surface area contributed by atoms with Crippen molar-refractivity contribution < 1.29 is 9.32 Å². The van der Waals surface area contributed by atoms with E-state index >= 15 is 0 Å². The maximum Gasteiger partial charge on any atom is 0.222 e. The van der Waals surface area contributed by atoms with E-state index in [4.69, 9.17) is 5.73 Å². The number of carbonyl (C=O) groups excluding carboxylic acids is 1. The number of nitrogens with one attached hydrogen (secondary N) is 1. The number of nitrogens with two attached hydrogens (primary N) is 1. The molecule has 0 aliphatic rings. The van der Waals surface area contributed by atoms with Crippen molar-refractivity contribution in [3.8, 4) is 0 Å². The van der Waals surface area contributed by atoms with Crippen molar-refractivity contribution in [2.24, 2.45) is 5.73 Å². The molecule has 18 heavy (non-hydrogen) atoms. The van der Waals surface area contributed by atoms with Crippen LogP contribution in [0.4, 0.5) is 0 Å². The minimum absolute atomic E-state index is 0.142. The number of amides is 1. The molecule has 94 valence electrons. The standard InChI is InChI=1S/C12H14N4O2/c13-10(9-4-2-1-3-5-9)6-12(17)14-7-11-15-8-18-16-11/h1-5,8,10H,6-7,13H2,(H,14,17). The van der Waals surface area contributed by atoms with Gasteiger partial charge >= 0.3 is 0 Å². The van der Waals surface area contributed by atoms with Crippen LogP contribution in [0.15, 0.2) is 41.2 Å². The fourth-order valence-electron chi connectivity index (χ4n) is 1.54. The number of hydrogen-bond acceptors (Lipinski definition) is 5. The van der Waals surface area contributed by atoms with E-state index in [9.17, 15) is 4.79 Å². The summed E-state index contributed by atoms with van der Waals surface area (Å²) in [6.07, 6.45) is 1.44. The Balaban J connectivity index is 1.80. The molecule has 0 saturated heterocycles. The average molecular weight is 246 g/mol. The second-order valence-electron chi connectivity index (χ2n) is 3.85. The van der Waals surface area contributed by atoms with E-state index in [1.165, 1.54) is 6.39 Å². The molecule has 3 N–H and O–H groups in total. The summed E-state index contributed by atoms with van der Waals surface area (Å²) in [7, 11) is 0. The molecule has 1 amide bonds. The van der Waals surface area contributed by atoms with Crippen molar-refractivity contribution in [2.75, 3.05) is 0 Å². The highest BCUT2D eigenvalue weighted by atomic mass is 16.5. The van der Waals surface area contributed by atoms with Crippen LogP contribution in [0.2, 0.25) is 0 Å². The summed E-state index contributed by atoms with van der Waals surface area (Å²) in [5.74, 6) is 0.299. The summed E-state index contributed by atoms with van der Waals surface area (Å²) >= 11 is 0. The molecule has 1 atom stereocenters. The lowest BCUT2D eigenvalue weighted by Gasteiger charge is -2.11. The van der Waals surface area contributed by atoms with E-state index in [1.54, 1.807) is 0 Å². The Hall–Kier alpha value is -2.21. The van der Waals surface area contributed by atoms with Crippen LogP contribution in [0, 0.1) is 0 Å². The quantitative estimate of drug-likeness (QED) is 0.812. The summed E-state index contributed by atoms with van der Waals surface area (Å²) in [4.78, 5) is 15.4. The zero-order chi connectivity index (χ0) is 12.8. The fourth-order valence-corrected chi connectivity index (χ4v) is 1.54. The average Bonchev–Trinajstić information content (AvgIpc) is 2.90. The lowest BCUT2D eigenvalue weighted by Crippen LogP contribution is -2.27. The van der Waals surface area contributed by atoms with Gasteiger partial charge in [0.1, 0.15) is 0 Å². The Morgan fingerprint density at radius 1 is 1.39 bits per heavy atom. The maximum absolute atomic E-state index is 11.6. The molecular weight excluding hydrogens is 232 g/mol. The van der Waals surface area contributed by atoms with Gasteiger partial charge in [-0.1, -0.05) is 35.5 Å². The van der Waals surface area contributed by atoms with Gasteiger partial charge in [0.25, 0.3) is 0 Å². The molecule has 1 aromatic heterocycles. The first-order valence-electron chi connectivity index (χ1n) is 5.58. The van der Waals surface area contributed by atoms with Crippen molar-refractivity contribution in [1.82, 2.24) is 15.5 Å². The molecule has 1 heterocycles. The predicted molar refractivity (Wildman–Crippen MR) is 64.1 cm³/mol. The summed E-state index contributed by atoms with van der Waals surface area (Å²) in [6, 6.07) is 9.19. The molecule has 0 bridgehead atoms. The Kier molecular flexibility index (Phi) is 4.03. The van der Waals surface area contributed by atoms with Gasteiger partial charge in [-0.05, 0) is 5.56 Å². The molecule has 2 rings (SSSR count). The molecule has 2 aromatic rings. The zero-order valence-electron chi connectivity index (χ0n) is 9.74. The minimum atomic E-state index is -0.309. The number of nitrogens with zero attached hydrogens (tertiary/aromatic N) is 2. The Morgan fingerprint density at radius 2 is 2.17 bits per heavy atom. The van der Waals surface area contributed by atoms with Gasteiger partial charge < -0.3 is 15.6 Å². The third kappa shape index (κ3) is 3.39. The van der Waals surface area contributed by atoms with Crippen LogP contribution in [0.5, 0.6) is 0 Å². The summed E-state index contributed by atoms with van der Waals surface area (Å²) < 4.78 is 4.56. The third-order valence-corrected chi connectivity index (χ3v) is 2.48. The zero-order valence-corrected chi connectivity index (χ0v) is 9.74. The van der Waals surface area contributed by atoms with Crippen LogP contribution >= 0.6 is 0 Å². The van der Waals surface area contributed by atoms with Gasteiger partial charge in [-0.15, -0.1) is 0 Å². The van der Waals surface area contributed by atoms with Crippen LogP contribution in [0.25, 0.3) is 0 Å². The summed E-state index contributed by atoms with van der Waals surface area (Å²) in [6.45, 7) is 0.247. The topological polar surface area (TPSA) is 94.0 Å². The Bertz CT molecular complexity index is 484. The highest BCUT2D eigenvalue weighted by Gasteiger charge is 2.11. The normalized spacial score (nSPS) is 12.1. The van der Waals surface area contributed by atoms with Crippen LogP contribution in [0.3, 0.4) is 0 Å². The SMILES string of the molecule is NC(CC(=O)NCc1ncon1)c1ccccc1. The van der Waals surface area contributed by atoms with Crippen molar-refractivity contribution in [1.29, 1.82) is 0 Å². The Morgan fingerprint density at radius 3 is 2.83 bits per heavy atom. The van der Waals surface area contributed by atoms with Gasteiger partial charge in [0, 0.05) is 12.5 Å². The molecule has 0 saturated carbocycles. The molecule has 6 nitrogen and oxygen atoms in total. The van der Waals surface area contributed by atoms with Crippen LogP contribution in [-0.2, 0) is 11.3 Å². The number of carbonyl (C=O) groups is 1. The van der Waals surface area contributed by atoms with E-state index in [2.05, 4.69) is 20.0 Å². The summed E-state index contributed by atoms with van der Waals surface area (Å²) in [5, 5.41) is 6.28. The third-order valence-electron chi connectivity index (χ3n) is 2.48. The van der Waals surface area contributed by atoms with E-state index in [0.29, 0.717) is 5.82 Å². The first-order chi connectivity index (χ1) is 8.75. The smallest absolute Gasteiger partial charge is 0.222 e. The highest BCUT2D eigenvalue weighted by molar-refractivity contribution is 5.76. The Labute approximate surface area is 104 Å². The van der Waals surface area contributed by atoms with Crippen molar-refractivity contribution in [2.45, 2.75) is 19.0 Å². The molecule has 0 aliphatic heterocycles. The first-order valence-corrected chi connectivity index (χ1v) is 5.58. The molecule has 0 aliphatic carbocycles. The van der Waals surface area contributed by atoms with Gasteiger partial charge in [-0.25, -0.2) is 0 Å². The van der Waals surface area contributed by atoms with Gasteiger partial charge in [0.15, 0.2) is 5.82 Å². The maximum atomic E-state index is 11.6. The molecule has 1 unspecified atom stereocenters. The van der Waals surface area contributed by atoms with Gasteiger partial charge in [0.05, 0.1) is 6.54 Å². The van der Waals surface area contributed by atoms with Gasteiger partial charge in [0.2, 0.25) is 12.3 Å². The monoisotopic (exact) mass is 246 g/mol. The molecule has 0 radical (unpaired) electrons. The van der Waals surface area contributed by atoms with Gasteiger partial charge in [-0.2, -0.15) is 4.98 Å². The predicted octanol–water partition coefficient (Wildman–Crippen LogP) is 0.776. The van der Waals surface area contributed by atoms with Crippen molar-refractivity contribution >= 4 is 5.91 Å². The molecule has 1 aromatic carbocycles. The van der Waals surface area contributed by atoms with E-state index in [0.717, 1.165) is 5.56 Å². The number of hydrogen-bond donors (Lipinski definition) is 2. The van der Waals surface area contributed by atoms with Crippen molar-refractivity contribution in [3.63, 3.8) is 0 Å². The van der Waals surface area contributed by atoms with Crippen LogP contribution < -0.4 is 11.1 Å². The first kappa shape index (κ1) is 12.3. The fraction of sp³-hybridized carbons (Fsp3) is 0.250. The highest BCUT2D eigenvalue weighted by Crippen LogP contribution is 2.12. The minimum Gasteiger partial charge on any atom is -0.349 e. The summed E-state index contributed by atoms with van der Waals surface area (Å²) in [5.41, 5.74) is 6.87. The number of benzene rings is 1. The van der Waals surface area contributed by atoms with Crippen LogP contribution in [0.1, 0.15) is 23.9 Å². The van der Waals surface area contributed by atoms with E-state index in [1.807, 2.05) is 30.3 Å². The van der Waals surface area contributed by atoms with E-state index < -0.39 is 0 Å². The number of rotatable bonds is 5. The lowest BCUT2D eigenvalue weighted by atomic mass is 10.0.